The summed E-state index contributed by atoms with van der Waals surface area (Å²) in [5.41, 5.74) is 3.07. The van der Waals surface area contributed by atoms with Gasteiger partial charge in [-0.2, -0.15) is 0 Å². The number of aliphatic hydroxyl groups is 2. The molecule has 1 aromatic heterocycles. The number of H-pyrrole nitrogens is 1. The van der Waals surface area contributed by atoms with Crippen LogP contribution in [0, 0.1) is 11.3 Å². The van der Waals surface area contributed by atoms with E-state index in [1.807, 2.05) is 42.5 Å². The maximum absolute atomic E-state index is 12.9. The van der Waals surface area contributed by atoms with Gasteiger partial charge >= 0.3 is 0 Å². The minimum Gasteiger partial charge on any atom is -0.390 e. The molecule has 6 nitrogen and oxygen atoms in total. The van der Waals surface area contributed by atoms with Gasteiger partial charge in [0.05, 0.1) is 29.6 Å². The zero-order chi connectivity index (χ0) is 22.7. The van der Waals surface area contributed by atoms with E-state index in [1.165, 1.54) is 0 Å². The third kappa shape index (κ3) is 5.03. The summed E-state index contributed by atoms with van der Waals surface area (Å²) in [5, 5.41) is 24.9. The molecule has 0 bridgehead atoms. The van der Waals surface area contributed by atoms with E-state index in [0.717, 1.165) is 29.4 Å². The molecule has 0 saturated heterocycles. The quantitative estimate of drug-likeness (QED) is 0.498. The second kappa shape index (κ2) is 9.43. The smallest absolute Gasteiger partial charge is 0.251 e. The lowest BCUT2D eigenvalue weighted by molar-refractivity contribution is -0.0129. The van der Waals surface area contributed by atoms with Crippen molar-refractivity contribution in [3.8, 4) is 0 Å². The lowest BCUT2D eigenvalue weighted by atomic mass is 9.73. The molecule has 2 aromatic carbocycles. The highest BCUT2D eigenvalue weighted by Gasteiger charge is 2.37. The zero-order valence-electron chi connectivity index (χ0n) is 18.8. The van der Waals surface area contributed by atoms with E-state index >= 15 is 0 Å². The highest BCUT2D eigenvalue weighted by molar-refractivity contribution is 5.97. The van der Waals surface area contributed by atoms with E-state index in [-0.39, 0.29) is 17.2 Å². The Balaban J connectivity index is 1.54. The number of fused-ring (bicyclic) bond motifs is 1. The van der Waals surface area contributed by atoms with Crippen LogP contribution in [0.2, 0.25) is 0 Å². The molecule has 6 heteroatoms. The molecular weight excluding hydrogens is 402 g/mol. The summed E-state index contributed by atoms with van der Waals surface area (Å²) in [6.45, 7) is 4.81. The first-order valence-electron chi connectivity index (χ1n) is 11.5. The molecule has 4 N–H and O–H groups in total. The molecule has 0 radical (unpaired) electrons. The number of hydrogen-bond acceptors (Lipinski definition) is 4. The van der Waals surface area contributed by atoms with Crippen LogP contribution >= 0.6 is 0 Å². The summed E-state index contributed by atoms with van der Waals surface area (Å²) in [5.74, 6) is -0.0146. The number of aliphatic hydroxyl groups excluding tert-OH is 2. The highest BCUT2D eigenvalue weighted by atomic mass is 16.3. The number of benzene rings is 2. The van der Waals surface area contributed by atoms with Gasteiger partial charge in [-0.1, -0.05) is 50.6 Å². The molecule has 1 amide bonds. The molecule has 170 valence electrons. The number of nitrogens with one attached hydrogen (secondary N) is 2. The van der Waals surface area contributed by atoms with Gasteiger partial charge < -0.3 is 20.5 Å². The first-order valence-corrected chi connectivity index (χ1v) is 11.5. The number of imidazole rings is 1. The Kier molecular flexibility index (Phi) is 6.63. The topological polar surface area (TPSA) is 98.2 Å². The van der Waals surface area contributed by atoms with Gasteiger partial charge in [-0.25, -0.2) is 4.98 Å². The molecule has 1 fully saturated rings. The van der Waals surface area contributed by atoms with Crippen molar-refractivity contribution in [2.45, 2.75) is 57.7 Å². The number of aromatic nitrogens is 2. The van der Waals surface area contributed by atoms with Crippen molar-refractivity contribution in [2.75, 3.05) is 6.54 Å². The van der Waals surface area contributed by atoms with Crippen LogP contribution in [0.1, 0.15) is 61.4 Å². The summed E-state index contributed by atoms with van der Waals surface area (Å²) in [4.78, 5) is 20.2. The van der Waals surface area contributed by atoms with Crippen LogP contribution in [-0.4, -0.2) is 44.8 Å². The SMILES string of the molecule is C[C@@H]1CC[C@](C)(CNC(=O)c2ccc3nc[nH]c3c2)C[C@H](c2ccccc2)[C@@H](O)[C@@H](O)C1. The van der Waals surface area contributed by atoms with Crippen molar-refractivity contribution in [1.29, 1.82) is 0 Å². The molecule has 0 spiro atoms. The van der Waals surface area contributed by atoms with Crippen molar-refractivity contribution < 1.29 is 15.0 Å². The molecule has 1 heterocycles. The van der Waals surface area contributed by atoms with Crippen LogP contribution < -0.4 is 5.32 Å². The summed E-state index contributed by atoms with van der Waals surface area (Å²) >= 11 is 0. The predicted molar refractivity (Wildman–Crippen MR) is 125 cm³/mol. The normalized spacial score (nSPS) is 29.1. The molecule has 5 atom stereocenters. The minimum absolute atomic E-state index is 0.118. The molecule has 1 saturated carbocycles. The number of rotatable bonds is 4. The van der Waals surface area contributed by atoms with Crippen molar-refractivity contribution in [3.63, 3.8) is 0 Å². The average molecular weight is 436 g/mol. The summed E-state index contributed by atoms with van der Waals surface area (Å²) in [6, 6.07) is 15.4. The zero-order valence-corrected chi connectivity index (χ0v) is 18.8. The minimum atomic E-state index is -0.837. The Morgan fingerprint density at radius 3 is 2.78 bits per heavy atom. The maximum atomic E-state index is 12.9. The average Bonchev–Trinajstić information content (AvgIpc) is 3.28. The fourth-order valence-corrected chi connectivity index (χ4v) is 4.93. The van der Waals surface area contributed by atoms with Gasteiger partial charge in [0, 0.05) is 18.0 Å². The largest absolute Gasteiger partial charge is 0.390 e. The van der Waals surface area contributed by atoms with E-state index in [4.69, 9.17) is 0 Å². The third-order valence-corrected chi connectivity index (χ3v) is 6.99. The van der Waals surface area contributed by atoms with Crippen molar-refractivity contribution in [3.05, 3.63) is 66.0 Å². The van der Waals surface area contributed by atoms with Crippen LogP contribution in [0.25, 0.3) is 11.0 Å². The second-order valence-electron chi connectivity index (χ2n) is 9.79. The molecule has 0 aliphatic heterocycles. The Morgan fingerprint density at radius 2 is 2.00 bits per heavy atom. The van der Waals surface area contributed by atoms with E-state index in [9.17, 15) is 15.0 Å². The Labute approximate surface area is 189 Å². The van der Waals surface area contributed by atoms with E-state index in [2.05, 4.69) is 29.1 Å². The van der Waals surface area contributed by atoms with E-state index < -0.39 is 12.2 Å². The fraction of sp³-hybridized carbons (Fsp3) is 0.462. The number of carbonyl (C=O) groups is 1. The van der Waals surface area contributed by atoms with Crippen LogP contribution in [-0.2, 0) is 0 Å². The first kappa shape index (κ1) is 22.5. The number of nitrogens with zero attached hydrogens (tertiary/aromatic N) is 1. The van der Waals surface area contributed by atoms with Crippen LogP contribution in [0.4, 0.5) is 0 Å². The Morgan fingerprint density at radius 1 is 1.22 bits per heavy atom. The number of amides is 1. The van der Waals surface area contributed by atoms with Crippen LogP contribution in [0.3, 0.4) is 0 Å². The standard InChI is InChI=1S/C26H33N3O3/c1-17-10-11-26(2,14-20(24(31)23(30)12-17)18-6-4-3-5-7-18)15-27-25(32)19-8-9-21-22(13-19)29-16-28-21/h3-9,13,16-17,20,23-24,30-31H,10-12,14-15H2,1-2H3,(H,27,32)(H,28,29)/t17-,20-,23+,24-,26+/m1/s1. The second-order valence-corrected chi connectivity index (χ2v) is 9.79. The molecule has 3 aromatic rings. The molecule has 0 unspecified atom stereocenters. The lowest BCUT2D eigenvalue weighted by Gasteiger charge is -2.36. The fourth-order valence-electron chi connectivity index (χ4n) is 4.93. The van der Waals surface area contributed by atoms with Gasteiger partial charge in [0.25, 0.3) is 5.91 Å². The van der Waals surface area contributed by atoms with E-state index in [0.29, 0.717) is 30.9 Å². The highest BCUT2D eigenvalue weighted by Crippen LogP contribution is 2.41. The van der Waals surface area contributed by atoms with E-state index in [1.54, 1.807) is 12.4 Å². The van der Waals surface area contributed by atoms with Gasteiger partial charge in [0.1, 0.15) is 0 Å². The number of aromatic amines is 1. The van der Waals surface area contributed by atoms with Crippen molar-refractivity contribution >= 4 is 16.9 Å². The van der Waals surface area contributed by atoms with Gasteiger partial charge in [0.15, 0.2) is 0 Å². The van der Waals surface area contributed by atoms with Crippen LogP contribution in [0.5, 0.6) is 0 Å². The number of carbonyl (C=O) groups excluding carboxylic acids is 1. The predicted octanol–water partition coefficient (Wildman–Crippen LogP) is 4.01. The van der Waals surface area contributed by atoms with Crippen molar-refractivity contribution in [1.82, 2.24) is 15.3 Å². The van der Waals surface area contributed by atoms with Crippen LogP contribution in [0.15, 0.2) is 54.9 Å². The molecule has 1 aliphatic carbocycles. The first-order chi connectivity index (χ1) is 15.3. The molecule has 4 rings (SSSR count). The van der Waals surface area contributed by atoms with Gasteiger partial charge in [-0.05, 0) is 54.4 Å². The van der Waals surface area contributed by atoms with Gasteiger partial charge in [-0.3, -0.25) is 4.79 Å². The Hall–Kier alpha value is -2.70. The summed E-state index contributed by atoms with van der Waals surface area (Å²) in [6.07, 6.45) is 3.15. The van der Waals surface area contributed by atoms with Gasteiger partial charge in [0.2, 0.25) is 0 Å². The molecular formula is C26H33N3O3. The molecule has 1 aliphatic rings. The summed E-state index contributed by atoms with van der Waals surface area (Å²) < 4.78 is 0. The number of hydrogen-bond donors (Lipinski definition) is 4. The monoisotopic (exact) mass is 435 g/mol. The Bertz CT molecular complexity index is 1050. The lowest BCUT2D eigenvalue weighted by Crippen LogP contribution is -2.39. The van der Waals surface area contributed by atoms with Crippen molar-refractivity contribution in [2.24, 2.45) is 11.3 Å². The maximum Gasteiger partial charge on any atom is 0.251 e. The van der Waals surface area contributed by atoms with Gasteiger partial charge in [-0.15, -0.1) is 0 Å². The summed E-state index contributed by atoms with van der Waals surface area (Å²) in [7, 11) is 0. The molecule has 32 heavy (non-hydrogen) atoms. The third-order valence-electron chi connectivity index (χ3n) is 6.99.